The molecule has 0 aliphatic rings. The van der Waals surface area contributed by atoms with Gasteiger partial charge in [-0.15, -0.1) is 0 Å². The predicted molar refractivity (Wildman–Crippen MR) is 68.4 cm³/mol. The fraction of sp³-hybridized carbons (Fsp3) is 0.714. The van der Waals surface area contributed by atoms with Crippen LogP contribution in [0.2, 0.25) is 0 Å². The van der Waals surface area contributed by atoms with E-state index < -0.39 is 0 Å². The average molecular weight is 220 g/mol. The Morgan fingerprint density at radius 1 is 1.12 bits per heavy atom. The standard InChI is InChI=1S/C14H24N2/c1-4-6-9-14(3,10-7-5-2)13-8-11-15-12-16-13/h8,11-12H,4-7,9-10H2,1-3H3. The maximum absolute atomic E-state index is 4.45. The lowest BCUT2D eigenvalue weighted by Crippen LogP contribution is -2.23. The average Bonchev–Trinajstić information content (AvgIpc) is 2.35. The molecule has 16 heavy (non-hydrogen) atoms. The zero-order valence-electron chi connectivity index (χ0n) is 10.9. The number of aromatic nitrogens is 2. The SMILES string of the molecule is CCCCC(C)(CCCC)c1ccncn1. The topological polar surface area (TPSA) is 25.8 Å². The number of hydrogen-bond donors (Lipinski definition) is 0. The summed E-state index contributed by atoms with van der Waals surface area (Å²) in [5, 5.41) is 0. The second-order valence-electron chi connectivity index (χ2n) is 4.86. The molecule has 0 unspecified atom stereocenters. The zero-order chi connectivity index (χ0) is 11.9. The highest BCUT2D eigenvalue weighted by Gasteiger charge is 2.26. The van der Waals surface area contributed by atoms with Crippen molar-refractivity contribution in [2.75, 3.05) is 0 Å². The van der Waals surface area contributed by atoms with E-state index in [1.165, 1.54) is 44.2 Å². The summed E-state index contributed by atoms with van der Waals surface area (Å²) in [6.45, 7) is 6.85. The Morgan fingerprint density at radius 3 is 2.19 bits per heavy atom. The molecule has 0 radical (unpaired) electrons. The predicted octanol–water partition coefficient (Wildman–Crippen LogP) is 4.11. The van der Waals surface area contributed by atoms with Gasteiger partial charge in [-0.05, 0) is 18.9 Å². The van der Waals surface area contributed by atoms with Crippen LogP contribution in [0.4, 0.5) is 0 Å². The number of rotatable bonds is 7. The second-order valence-corrected chi connectivity index (χ2v) is 4.86. The van der Waals surface area contributed by atoms with Crippen LogP contribution in [0.5, 0.6) is 0 Å². The summed E-state index contributed by atoms with van der Waals surface area (Å²) in [4.78, 5) is 8.45. The highest BCUT2D eigenvalue weighted by Crippen LogP contribution is 2.33. The van der Waals surface area contributed by atoms with E-state index >= 15 is 0 Å². The molecule has 0 saturated carbocycles. The highest BCUT2D eigenvalue weighted by atomic mass is 14.8. The maximum Gasteiger partial charge on any atom is 0.115 e. The molecule has 0 fully saturated rings. The van der Waals surface area contributed by atoms with Crippen molar-refractivity contribution in [3.63, 3.8) is 0 Å². The molecule has 2 heteroatoms. The lowest BCUT2D eigenvalue weighted by atomic mass is 9.77. The number of nitrogens with zero attached hydrogens (tertiary/aromatic N) is 2. The quantitative estimate of drug-likeness (QED) is 0.691. The van der Waals surface area contributed by atoms with Crippen molar-refractivity contribution in [2.24, 2.45) is 0 Å². The van der Waals surface area contributed by atoms with Gasteiger partial charge in [-0.2, -0.15) is 0 Å². The second kappa shape index (κ2) is 6.62. The van der Waals surface area contributed by atoms with Crippen LogP contribution in [0.3, 0.4) is 0 Å². The Bertz CT molecular complexity index is 274. The van der Waals surface area contributed by atoms with Crippen molar-refractivity contribution in [1.82, 2.24) is 9.97 Å². The van der Waals surface area contributed by atoms with Gasteiger partial charge in [0.1, 0.15) is 6.33 Å². The van der Waals surface area contributed by atoms with Gasteiger partial charge in [-0.1, -0.05) is 46.5 Å². The smallest absolute Gasteiger partial charge is 0.115 e. The Morgan fingerprint density at radius 2 is 1.75 bits per heavy atom. The minimum absolute atomic E-state index is 0.245. The van der Waals surface area contributed by atoms with Crippen LogP contribution < -0.4 is 0 Å². The molecule has 0 aromatic carbocycles. The van der Waals surface area contributed by atoms with Crippen molar-refractivity contribution >= 4 is 0 Å². The van der Waals surface area contributed by atoms with E-state index in [1.54, 1.807) is 6.33 Å². The van der Waals surface area contributed by atoms with E-state index in [1.807, 2.05) is 6.20 Å². The van der Waals surface area contributed by atoms with E-state index in [4.69, 9.17) is 0 Å². The van der Waals surface area contributed by atoms with Crippen LogP contribution >= 0.6 is 0 Å². The monoisotopic (exact) mass is 220 g/mol. The van der Waals surface area contributed by atoms with E-state index in [2.05, 4.69) is 36.8 Å². The van der Waals surface area contributed by atoms with Gasteiger partial charge in [0.2, 0.25) is 0 Å². The molecule has 1 heterocycles. The Labute approximate surface area is 99.5 Å². The molecule has 0 bridgehead atoms. The lowest BCUT2D eigenvalue weighted by molar-refractivity contribution is 0.364. The first-order valence-corrected chi connectivity index (χ1v) is 6.49. The molecule has 0 amide bonds. The fourth-order valence-electron chi connectivity index (χ4n) is 2.16. The minimum atomic E-state index is 0.245. The minimum Gasteiger partial charge on any atom is -0.245 e. The molecule has 1 aromatic heterocycles. The van der Waals surface area contributed by atoms with Crippen molar-refractivity contribution in [1.29, 1.82) is 0 Å². The molecular weight excluding hydrogens is 196 g/mol. The first-order valence-electron chi connectivity index (χ1n) is 6.49. The maximum atomic E-state index is 4.45. The van der Waals surface area contributed by atoms with Crippen LogP contribution in [0.1, 0.15) is 65.0 Å². The first kappa shape index (κ1) is 13.1. The zero-order valence-corrected chi connectivity index (χ0v) is 10.9. The molecule has 0 atom stereocenters. The molecule has 1 aromatic rings. The Hall–Kier alpha value is -0.920. The van der Waals surface area contributed by atoms with Crippen molar-refractivity contribution < 1.29 is 0 Å². The van der Waals surface area contributed by atoms with E-state index in [0.29, 0.717) is 0 Å². The van der Waals surface area contributed by atoms with Crippen LogP contribution in [-0.2, 0) is 5.41 Å². The summed E-state index contributed by atoms with van der Waals surface area (Å²) in [6, 6.07) is 2.07. The Kier molecular flexibility index (Phi) is 5.44. The van der Waals surface area contributed by atoms with Gasteiger partial charge < -0.3 is 0 Å². The molecule has 0 aliphatic heterocycles. The van der Waals surface area contributed by atoms with Gasteiger partial charge in [0, 0.05) is 17.3 Å². The van der Waals surface area contributed by atoms with Crippen LogP contribution in [-0.4, -0.2) is 9.97 Å². The van der Waals surface area contributed by atoms with Crippen LogP contribution in [0.25, 0.3) is 0 Å². The third-order valence-corrected chi connectivity index (χ3v) is 3.36. The third-order valence-electron chi connectivity index (χ3n) is 3.36. The molecule has 1 rings (SSSR count). The molecule has 90 valence electrons. The summed E-state index contributed by atoms with van der Waals surface area (Å²) < 4.78 is 0. The largest absolute Gasteiger partial charge is 0.245 e. The number of hydrogen-bond acceptors (Lipinski definition) is 2. The van der Waals surface area contributed by atoms with Crippen molar-refractivity contribution in [2.45, 2.75) is 64.7 Å². The molecule has 0 saturated heterocycles. The van der Waals surface area contributed by atoms with Gasteiger partial charge in [0.15, 0.2) is 0 Å². The van der Waals surface area contributed by atoms with Gasteiger partial charge in [-0.25, -0.2) is 9.97 Å². The van der Waals surface area contributed by atoms with Crippen LogP contribution in [0.15, 0.2) is 18.6 Å². The highest BCUT2D eigenvalue weighted by molar-refractivity contribution is 5.13. The molecule has 0 N–H and O–H groups in total. The third kappa shape index (κ3) is 3.58. The molecule has 0 spiro atoms. The van der Waals surface area contributed by atoms with Gasteiger partial charge >= 0.3 is 0 Å². The fourth-order valence-corrected chi connectivity index (χ4v) is 2.16. The molecule has 2 nitrogen and oxygen atoms in total. The van der Waals surface area contributed by atoms with E-state index in [-0.39, 0.29) is 5.41 Å². The summed E-state index contributed by atoms with van der Waals surface area (Å²) >= 11 is 0. The van der Waals surface area contributed by atoms with Crippen molar-refractivity contribution in [3.05, 3.63) is 24.3 Å². The summed E-state index contributed by atoms with van der Waals surface area (Å²) in [6.07, 6.45) is 11.1. The Balaban J connectivity index is 2.77. The number of unbranched alkanes of at least 4 members (excludes halogenated alkanes) is 2. The van der Waals surface area contributed by atoms with Crippen LogP contribution in [0, 0.1) is 0 Å². The van der Waals surface area contributed by atoms with Crippen molar-refractivity contribution in [3.8, 4) is 0 Å². The normalized spacial score (nSPS) is 11.7. The molecule has 0 aliphatic carbocycles. The van der Waals surface area contributed by atoms with E-state index in [9.17, 15) is 0 Å². The summed E-state index contributed by atoms with van der Waals surface area (Å²) in [5.74, 6) is 0. The van der Waals surface area contributed by atoms with Gasteiger partial charge in [0.05, 0.1) is 0 Å². The summed E-state index contributed by atoms with van der Waals surface area (Å²) in [7, 11) is 0. The molecular formula is C14H24N2. The first-order chi connectivity index (χ1) is 7.73. The van der Waals surface area contributed by atoms with E-state index in [0.717, 1.165) is 0 Å². The van der Waals surface area contributed by atoms with Gasteiger partial charge in [-0.3, -0.25) is 0 Å². The lowest BCUT2D eigenvalue weighted by Gasteiger charge is -2.29. The van der Waals surface area contributed by atoms with Gasteiger partial charge in [0.25, 0.3) is 0 Å². The summed E-state index contributed by atoms with van der Waals surface area (Å²) in [5.41, 5.74) is 1.46.